The van der Waals surface area contributed by atoms with E-state index in [1.165, 1.54) is 12.4 Å². The lowest BCUT2D eigenvalue weighted by atomic mass is 9.87. The fraction of sp³-hybridized carbons (Fsp3) is 0.545. The van der Waals surface area contributed by atoms with Gasteiger partial charge in [0, 0.05) is 0 Å². The van der Waals surface area contributed by atoms with Gasteiger partial charge in [-0.15, -0.1) is 0 Å². The maximum Gasteiger partial charge on any atom is 0.253 e. The highest BCUT2D eigenvalue weighted by Crippen LogP contribution is 2.18. The fourth-order valence-electron chi connectivity index (χ4n) is 1.20. The number of hydrogen-bond acceptors (Lipinski definition) is 4. The van der Waals surface area contributed by atoms with Crippen molar-refractivity contribution >= 4 is 5.91 Å². The molecule has 0 radical (unpaired) electrons. The molecule has 0 saturated carbocycles. The fourth-order valence-corrected chi connectivity index (χ4v) is 1.20. The SMILES string of the molecule is CC(C)(C)[C@@H](CO)NC(=O)c1ccnnc1. The Bertz CT molecular complexity index is 346. The number of carbonyl (C=O) groups excluding carboxylic acids is 1. The lowest BCUT2D eigenvalue weighted by Gasteiger charge is -2.29. The third kappa shape index (κ3) is 3.27. The quantitative estimate of drug-likeness (QED) is 0.787. The standard InChI is InChI=1S/C11H17N3O2/c1-11(2,3)9(7-15)14-10(16)8-4-5-12-13-6-8/h4-6,9,15H,7H2,1-3H3,(H,14,16)/t9-/m1/s1. The number of rotatable bonds is 3. The molecule has 0 unspecified atom stereocenters. The van der Waals surface area contributed by atoms with Gasteiger partial charge in [-0.25, -0.2) is 0 Å². The number of nitrogens with zero attached hydrogens (tertiary/aromatic N) is 2. The molecule has 5 heteroatoms. The van der Waals surface area contributed by atoms with Gasteiger partial charge in [-0.3, -0.25) is 4.79 Å². The summed E-state index contributed by atoms with van der Waals surface area (Å²) in [7, 11) is 0. The monoisotopic (exact) mass is 223 g/mol. The first-order valence-corrected chi connectivity index (χ1v) is 5.13. The average Bonchev–Trinajstić information content (AvgIpc) is 2.25. The van der Waals surface area contributed by atoms with Crippen LogP contribution in [0.25, 0.3) is 0 Å². The summed E-state index contributed by atoms with van der Waals surface area (Å²) in [5, 5.41) is 19.2. The van der Waals surface area contributed by atoms with Crippen LogP contribution in [0.1, 0.15) is 31.1 Å². The van der Waals surface area contributed by atoms with Crippen LogP contribution in [0.3, 0.4) is 0 Å². The van der Waals surface area contributed by atoms with Gasteiger partial charge in [-0.05, 0) is 11.5 Å². The maximum atomic E-state index is 11.8. The highest BCUT2D eigenvalue weighted by Gasteiger charge is 2.25. The van der Waals surface area contributed by atoms with E-state index in [0.29, 0.717) is 5.56 Å². The van der Waals surface area contributed by atoms with Crippen LogP contribution in [0.15, 0.2) is 18.5 Å². The summed E-state index contributed by atoms with van der Waals surface area (Å²) in [5.74, 6) is -0.246. The number of carbonyl (C=O) groups is 1. The largest absolute Gasteiger partial charge is 0.394 e. The predicted molar refractivity (Wildman–Crippen MR) is 59.8 cm³/mol. The minimum Gasteiger partial charge on any atom is -0.394 e. The minimum atomic E-state index is -0.284. The smallest absolute Gasteiger partial charge is 0.253 e. The molecule has 1 heterocycles. The first kappa shape index (κ1) is 12.6. The Morgan fingerprint density at radius 2 is 2.19 bits per heavy atom. The molecular formula is C11H17N3O2. The molecule has 0 aliphatic heterocycles. The van der Waals surface area contributed by atoms with E-state index in [2.05, 4.69) is 15.5 Å². The second-order valence-electron chi connectivity index (χ2n) is 4.71. The Morgan fingerprint density at radius 1 is 1.50 bits per heavy atom. The molecule has 2 N–H and O–H groups in total. The molecule has 1 amide bonds. The van der Waals surface area contributed by atoms with Crippen LogP contribution >= 0.6 is 0 Å². The number of aliphatic hydroxyl groups excluding tert-OH is 1. The van der Waals surface area contributed by atoms with Crippen LogP contribution in [-0.4, -0.2) is 33.9 Å². The third-order valence-electron chi connectivity index (χ3n) is 2.38. The van der Waals surface area contributed by atoms with Crippen molar-refractivity contribution in [2.75, 3.05) is 6.61 Å². The van der Waals surface area contributed by atoms with E-state index >= 15 is 0 Å². The van der Waals surface area contributed by atoms with E-state index in [1.54, 1.807) is 6.07 Å². The molecule has 5 nitrogen and oxygen atoms in total. The molecular weight excluding hydrogens is 206 g/mol. The summed E-state index contributed by atoms with van der Waals surface area (Å²) in [6.45, 7) is 5.78. The third-order valence-corrected chi connectivity index (χ3v) is 2.38. The molecule has 0 saturated heterocycles. The molecule has 1 aromatic rings. The number of amides is 1. The van der Waals surface area contributed by atoms with Crippen molar-refractivity contribution in [1.29, 1.82) is 0 Å². The first-order chi connectivity index (χ1) is 7.45. The Kier molecular flexibility index (Phi) is 3.95. The van der Waals surface area contributed by atoms with E-state index in [1.807, 2.05) is 20.8 Å². The molecule has 16 heavy (non-hydrogen) atoms. The van der Waals surface area contributed by atoms with Gasteiger partial charge in [0.05, 0.1) is 30.6 Å². The normalized spacial score (nSPS) is 13.2. The summed E-state index contributed by atoms with van der Waals surface area (Å²) in [4.78, 5) is 11.8. The van der Waals surface area contributed by atoms with Gasteiger partial charge in [-0.1, -0.05) is 20.8 Å². The van der Waals surface area contributed by atoms with Crippen LogP contribution in [0, 0.1) is 5.41 Å². The second kappa shape index (κ2) is 5.03. The minimum absolute atomic E-state index is 0.0895. The van der Waals surface area contributed by atoms with E-state index in [-0.39, 0.29) is 24.0 Å². The molecule has 0 spiro atoms. The molecule has 1 rings (SSSR count). The predicted octanol–water partition coefficient (Wildman–Crippen LogP) is 0.613. The molecule has 0 aliphatic carbocycles. The Labute approximate surface area is 94.9 Å². The highest BCUT2D eigenvalue weighted by molar-refractivity contribution is 5.93. The van der Waals surface area contributed by atoms with E-state index < -0.39 is 0 Å². The van der Waals surface area contributed by atoms with Crippen molar-refractivity contribution in [2.24, 2.45) is 5.41 Å². The highest BCUT2D eigenvalue weighted by atomic mass is 16.3. The van der Waals surface area contributed by atoms with Gasteiger partial charge in [0.15, 0.2) is 0 Å². The average molecular weight is 223 g/mol. The first-order valence-electron chi connectivity index (χ1n) is 5.13. The summed E-state index contributed by atoms with van der Waals surface area (Å²) < 4.78 is 0. The summed E-state index contributed by atoms with van der Waals surface area (Å²) >= 11 is 0. The Hall–Kier alpha value is -1.49. The van der Waals surface area contributed by atoms with E-state index in [0.717, 1.165) is 0 Å². The molecule has 88 valence electrons. The topological polar surface area (TPSA) is 75.1 Å². The van der Waals surface area contributed by atoms with Crippen molar-refractivity contribution in [3.8, 4) is 0 Å². The van der Waals surface area contributed by atoms with Crippen LogP contribution in [0.4, 0.5) is 0 Å². The molecule has 0 bridgehead atoms. The second-order valence-corrected chi connectivity index (χ2v) is 4.71. The molecule has 1 aromatic heterocycles. The zero-order valence-corrected chi connectivity index (χ0v) is 9.77. The molecule has 0 fully saturated rings. The van der Waals surface area contributed by atoms with Gasteiger partial charge in [0.25, 0.3) is 5.91 Å². The zero-order valence-electron chi connectivity index (χ0n) is 9.77. The van der Waals surface area contributed by atoms with Crippen LogP contribution in [0.2, 0.25) is 0 Å². The van der Waals surface area contributed by atoms with Gasteiger partial charge in [0.2, 0.25) is 0 Å². The zero-order chi connectivity index (χ0) is 12.2. The number of aromatic nitrogens is 2. The van der Waals surface area contributed by atoms with Crippen LogP contribution in [0.5, 0.6) is 0 Å². The van der Waals surface area contributed by atoms with Gasteiger partial charge in [0.1, 0.15) is 0 Å². The Morgan fingerprint density at radius 3 is 2.62 bits per heavy atom. The molecule has 0 aromatic carbocycles. The van der Waals surface area contributed by atoms with Crippen molar-refractivity contribution in [1.82, 2.24) is 15.5 Å². The van der Waals surface area contributed by atoms with Gasteiger partial charge < -0.3 is 10.4 Å². The number of nitrogens with one attached hydrogen (secondary N) is 1. The molecule has 0 aliphatic rings. The van der Waals surface area contributed by atoms with Gasteiger partial charge >= 0.3 is 0 Å². The maximum absolute atomic E-state index is 11.8. The van der Waals surface area contributed by atoms with Crippen LogP contribution < -0.4 is 5.32 Å². The summed E-state index contributed by atoms with van der Waals surface area (Å²) in [6, 6.07) is 1.30. The molecule has 1 atom stereocenters. The lowest BCUT2D eigenvalue weighted by molar-refractivity contribution is 0.0847. The van der Waals surface area contributed by atoms with Crippen molar-refractivity contribution in [3.63, 3.8) is 0 Å². The Balaban J connectivity index is 2.71. The number of hydrogen-bond donors (Lipinski definition) is 2. The van der Waals surface area contributed by atoms with Gasteiger partial charge in [-0.2, -0.15) is 10.2 Å². The van der Waals surface area contributed by atoms with Crippen LogP contribution in [-0.2, 0) is 0 Å². The van der Waals surface area contributed by atoms with Crippen molar-refractivity contribution in [3.05, 3.63) is 24.0 Å². The summed E-state index contributed by atoms with van der Waals surface area (Å²) in [5.41, 5.74) is 0.253. The van der Waals surface area contributed by atoms with Crippen molar-refractivity contribution < 1.29 is 9.90 Å². The summed E-state index contributed by atoms with van der Waals surface area (Å²) in [6.07, 6.45) is 2.85. The van der Waals surface area contributed by atoms with Crippen molar-refractivity contribution in [2.45, 2.75) is 26.8 Å². The number of aliphatic hydroxyl groups is 1. The van der Waals surface area contributed by atoms with E-state index in [9.17, 15) is 9.90 Å². The van der Waals surface area contributed by atoms with E-state index in [4.69, 9.17) is 0 Å². The lowest BCUT2D eigenvalue weighted by Crippen LogP contribution is -2.46.